The standard InChI is InChI=1S/C14H13F3N2O/c1-2-3-13(20)18-11-8-19(9-11)12-6-4-10(5-7-12)14(15,16)17/h4-7,11H,8-9H2,1H3,(H,18,20). The Balaban J connectivity index is 1.89. The molecule has 0 aliphatic carbocycles. The van der Waals surface area contributed by atoms with Crippen LogP contribution in [-0.4, -0.2) is 25.0 Å². The van der Waals surface area contributed by atoms with Crippen molar-refractivity contribution in [2.24, 2.45) is 0 Å². The lowest BCUT2D eigenvalue weighted by Crippen LogP contribution is -2.59. The molecule has 2 rings (SSSR count). The van der Waals surface area contributed by atoms with Gasteiger partial charge in [-0.25, -0.2) is 0 Å². The van der Waals surface area contributed by atoms with Crippen LogP contribution in [0.4, 0.5) is 18.9 Å². The zero-order valence-electron chi connectivity index (χ0n) is 10.8. The minimum atomic E-state index is -4.32. The highest BCUT2D eigenvalue weighted by Crippen LogP contribution is 2.31. The lowest BCUT2D eigenvalue weighted by molar-refractivity contribution is -0.137. The van der Waals surface area contributed by atoms with Crippen LogP contribution < -0.4 is 10.2 Å². The molecule has 3 nitrogen and oxygen atoms in total. The van der Waals surface area contributed by atoms with Gasteiger partial charge in [-0.2, -0.15) is 13.2 Å². The molecule has 20 heavy (non-hydrogen) atoms. The van der Waals surface area contributed by atoms with Crippen molar-refractivity contribution < 1.29 is 18.0 Å². The SMILES string of the molecule is CC#CC(=O)NC1CN(c2ccc(C(F)(F)F)cc2)C1. The van der Waals surface area contributed by atoms with Crippen LogP contribution in [0, 0.1) is 11.8 Å². The van der Waals surface area contributed by atoms with Crippen molar-refractivity contribution in [2.45, 2.75) is 19.1 Å². The van der Waals surface area contributed by atoms with Crippen LogP contribution in [-0.2, 0) is 11.0 Å². The molecule has 0 saturated carbocycles. The van der Waals surface area contributed by atoms with Crippen LogP contribution in [0.15, 0.2) is 24.3 Å². The number of carbonyl (C=O) groups is 1. The molecule has 0 bridgehead atoms. The summed E-state index contributed by atoms with van der Waals surface area (Å²) in [4.78, 5) is 13.1. The molecule has 106 valence electrons. The molecule has 1 amide bonds. The van der Waals surface area contributed by atoms with Gasteiger partial charge in [-0.3, -0.25) is 4.79 Å². The van der Waals surface area contributed by atoms with Crippen LogP contribution in [0.3, 0.4) is 0 Å². The lowest BCUT2D eigenvalue weighted by atomic mass is 10.1. The largest absolute Gasteiger partial charge is 0.416 e. The van der Waals surface area contributed by atoms with E-state index in [1.54, 1.807) is 6.92 Å². The molecule has 1 N–H and O–H groups in total. The fourth-order valence-corrected chi connectivity index (χ4v) is 1.98. The Morgan fingerprint density at radius 1 is 1.30 bits per heavy atom. The number of anilines is 1. The summed E-state index contributed by atoms with van der Waals surface area (Å²) in [5, 5.41) is 2.72. The van der Waals surface area contributed by atoms with Gasteiger partial charge in [0, 0.05) is 18.8 Å². The van der Waals surface area contributed by atoms with Gasteiger partial charge >= 0.3 is 6.18 Å². The van der Waals surface area contributed by atoms with E-state index < -0.39 is 11.7 Å². The molecule has 6 heteroatoms. The first kappa shape index (κ1) is 14.3. The molecular weight excluding hydrogens is 269 g/mol. The van der Waals surface area contributed by atoms with Gasteiger partial charge in [0.15, 0.2) is 0 Å². The number of rotatable bonds is 2. The van der Waals surface area contributed by atoms with Gasteiger partial charge in [-0.05, 0) is 37.1 Å². The van der Waals surface area contributed by atoms with E-state index in [0.29, 0.717) is 18.8 Å². The predicted molar refractivity (Wildman–Crippen MR) is 69.0 cm³/mol. The molecule has 1 heterocycles. The van der Waals surface area contributed by atoms with Crippen LogP contribution >= 0.6 is 0 Å². The first-order valence-electron chi connectivity index (χ1n) is 6.05. The normalized spacial score (nSPS) is 15.1. The summed E-state index contributed by atoms with van der Waals surface area (Å²) >= 11 is 0. The topological polar surface area (TPSA) is 32.3 Å². The van der Waals surface area contributed by atoms with Gasteiger partial charge in [0.2, 0.25) is 0 Å². The molecule has 1 fully saturated rings. The molecule has 0 radical (unpaired) electrons. The Kier molecular flexibility index (Phi) is 3.89. The second-order valence-corrected chi connectivity index (χ2v) is 4.50. The lowest BCUT2D eigenvalue weighted by Gasteiger charge is -2.41. The van der Waals surface area contributed by atoms with E-state index in [2.05, 4.69) is 17.2 Å². The van der Waals surface area contributed by atoms with E-state index in [1.165, 1.54) is 12.1 Å². The third-order valence-corrected chi connectivity index (χ3v) is 3.02. The quantitative estimate of drug-likeness (QED) is 0.842. The smallest absolute Gasteiger partial charge is 0.367 e. The van der Waals surface area contributed by atoms with Crippen molar-refractivity contribution in [3.8, 4) is 11.8 Å². The van der Waals surface area contributed by atoms with E-state index in [4.69, 9.17) is 0 Å². The van der Waals surface area contributed by atoms with E-state index in [-0.39, 0.29) is 11.9 Å². The molecule has 1 saturated heterocycles. The summed E-state index contributed by atoms with van der Waals surface area (Å²) in [6.45, 7) is 2.72. The molecule has 0 unspecified atom stereocenters. The maximum Gasteiger partial charge on any atom is 0.416 e. The minimum Gasteiger partial charge on any atom is -0.367 e. The summed E-state index contributed by atoms with van der Waals surface area (Å²) in [6, 6.07) is 4.98. The number of nitrogens with zero attached hydrogens (tertiary/aromatic N) is 1. The molecule has 0 aromatic heterocycles. The van der Waals surface area contributed by atoms with Crippen LogP contribution in [0.2, 0.25) is 0 Å². The third-order valence-electron chi connectivity index (χ3n) is 3.02. The molecule has 1 aromatic rings. The van der Waals surface area contributed by atoms with Crippen LogP contribution in [0.1, 0.15) is 12.5 Å². The summed E-state index contributed by atoms with van der Waals surface area (Å²) in [5.41, 5.74) is 0.0509. The number of benzene rings is 1. The molecule has 1 aliphatic rings. The Hall–Kier alpha value is -2.16. The first-order chi connectivity index (χ1) is 9.40. The van der Waals surface area contributed by atoms with E-state index in [0.717, 1.165) is 12.1 Å². The second kappa shape index (κ2) is 5.45. The molecular formula is C14H13F3N2O. The van der Waals surface area contributed by atoms with Gasteiger partial charge in [0.25, 0.3) is 5.91 Å². The Labute approximate surface area is 114 Å². The Bertz CT molecular complexity index is 549. The van der Waals surface area contributed by atoms with Crippen molar-refractivity contribution in [3.63, 3.8) is 0 Å². The fourth-order valence-electron chi connectivity index (χ4n) is 1.98. The zero-order chi connectivity index (χ0) is 14.8. The number of carbonyl (C=O) groups excluding carboxylic acids is 1. The van der Waals surface area contributed by atoms with Crippen LogP contribution in [0.25, 0.3) is 0 Å². The first-order valence-corrected chi connectivity index (χ1v) is 6.05. The molecule has 1 aliphatic heterocycles. The highest BCUT2D eigenvalue weighted by molar-refractivity contribution is 5.93. The van der Waals surface area contributed by atoms with Crippen molar-refractivity contribution in [1.29, 1.82) is 0 Å². The molecule has 1 aromatic carbocycles. The average molecular weight is 282 g/mol. The maximum absolute atomic E-state index is 12.4. The van der Waals surface area contributed by atoms with Crippen molar-refractivity contribution >= 4 is 11.6 Å². The zero-order valence-corrected chi connectivity index (χ0v) is 10.8. The summed E-state index contributed by atoms with van der Waals surface area (Å²) in [5.74, 6) is 4.55. The highest BCUT2D eigenvalue weighted by atomic mass is 19.4. The van der Waals surface area contributed by atoms with Gasteiger partial charge in [0.05, 0.1) is 11.6 Å². The van der Waals surface area contributed by atoms with Gasteiger partial charge in [-0.1, -0.05) is 5.92 Å². The average Bonchev–Trinajstić information content (AvgIpc) is 2.33. The van der Waals surface area contributed by atoms with Crippen molar-refractivity contribution in [2.75, 3.05) is 18.0 Å². The van der Waals surface area contributed by atoms with E-state index >= 15 is 0 Å². The maximum atomic E-state index is 12.4. The number of hydrogen-bond acceptors (Lipinski definition) is 2. The van der Waals surface area contributed by atoms with Gasteiger partial charge < -0.3 is 10.2 Å². The fraction of sp³-hybridized carbons (Fsp3) is 0.357. The Morgan fingerprint density at radius 2 is 1.90 bits per heavy atom. The van der Waals surface area contributed by atoms with Crippen LogP contribution in [0.5, 0.6) is 0 Å². The van der Waals surface area contributed by atoms with Gasteiger partial charge in [0.1, 0.15) is 0 Å². The summed E-state index contributed by atoms with van der Waals surface area (Å²) < 4.78 is 37.3. The number of alkyl halides is 3. The van der Waals surface area contributed by atoms with Crippen molar-refractivity contribution in [3.05, 3.63) is 29.8 Å². The second-order valence-electron chi connectivity index (χ2n) is 4.50. The van der Waals surface area contributed by atoms with E-state index in [9.17, 15) is 18.0 Å². The van der Waals surface area contributed by atoms with E-state index in [1.807, 2.05) is 4.90 Å². The number of hydrogen-bond donors (Lipinski definition) is 1. The predicted octanol–water partition coefficient (Wildman–Crippen LogP) is 2.03. The number of amides is 1. The Morgan fingerprint density at radius 3 is 2.40 bits per heavy atom. The summed E-state index contributed by atoms with van der Waals surface area (Å²) in [6.07, 6.45) is -4.32. The molecule has 0 atom stereocenters. The number of halogens is 3. The van der Waals surface area contributed by atoms with Crippen molar-refractivity contribution in [1.82, 2.24) is 5.32 Å². The minimum absolute atomic E-state index is 0.00866. The molecule has 0 spiro atoms. The highest BCUT2D eigenvalue weighted by Gasteiger charge is 2.31. The number of nitrogens with one attached hydrogen (secondary N) is 1. The summed E-state index contributed by atoms with van der Waals surface area (Å²) in [7, 11) is 0. The monoisotopic (exact) mass is 282 g/mol. The third kappa shape index (κ3) is 3.23. The van der Waals surface area contributed by atoms with Gasteiger partial charge in [-0.15, -0.1) is 0 Å².